The summed E-state index contributed by atoms with van der Waals surface area (Å²) in [4.78, 5) is 8.20. The van der Waals surface area contributed by atoms with Crippen molar-refractivity contribution in [2.75, 3.05) is 0 Å². The van der Waals surface area contributed by atoms with E-state index >= 15 is 0 Å². The molecule has 1 N–H and O–H groups in total. The lowest BCUT2D eigenvalue weighted by Crippen LogP contribution is -1.92. The quantitative estimate of drug-likeness (QED) is 0.513. The average Bonchev–Trinajstić information content (AvgIpc) is 2.68. The third kappa shape index (κ3) is 2.21. The summed E-state index contributed by atoms with van der Waals surface area (Å²) in [5.74, 6) is 0.753. The zero-order valence-corrected chi connectivity index (χ0v) is 9.16. The molecule has 0 atom stereocenters. The fourth-order valence-electron chi connectivity index (χ4n) is 1.11. The highest BCUT2D eigenvalue weighted by molar-refractivity contribution is 9.10. The lowest BCUT2D eigenvalue weighted by molar-refractivity contribution is 0.321. The maximum atomic E-state index is 8.33. The first-order valence-electron chi connectivity index (χ1n) is 4.13. The van der Waals surface area contributed by atoms with Gasteiger partial charge < -0.3 is 5.21 Å². The van der Waals surface area contributed by atoms with Crippen molar-refractivity contribution in [2.24, 2.45) is 5.16 Å². The molecule has 0 fully saturated rings. The first-order chi connectivity index (χ1) is 7.29. The highest BCUT2D eigenvalue weighted by Gasteiger charge is 1.99. The van der Waals surface area contributed by atoms with Crippen LogP contribution in [-0.4, -0.2) is 26.0 Å². The number of hydrogen-bond donors (Lipinski definition) is 1. The van der Waals surface area contributed by atoms with E-state index in [2.05, 4.69) is 31.1 Å². The molecule has 0 bridgehead atoms. The molecule has 0 aromatic carbocycles. The van der Waals surface area contributed by atoms with Gasteiger partial charge in [-0.05, 0) is 28.1 Å². The van der Waals surface area contributed by atoms with Gasteiger partial charge >= 0.3 is 0 Å². The highest BCUT2D eigenvalue weighted by Crippen LogP contribution is 2.10. The molecule has 2 aromatic heterocycles. The number of imidazole rings is 1. The minimum atomic E-state index is 0.571. The summed E-state index contributed by atoms with van der Waals surface area (Å²) in [6.07, 6.45) is 6.29. The standard InChI is InChI=1S/C9H7BrN4O/c10-7-1-2-9(11-3-7)14-5-8(4-13-15)12-6-14/h1-6,15H/b13-4+. The van der Waals surface area contributed by atoms with Crippen molar-refractivity contribution in [1.82, 2.24) is 14.5 Å². The number of oxime groups is 1. The zero-order valence-electron chi connectivity index (χ0n) is 7.58. The summed E-state index contributed by atoms with van der Waals surface area (Å²) in [5, 5.41) is 11.2. The Kier molecular flexibility index (Phi) is 2.77. The summed E-state index contributed by atoms with van der Waals surface area (Å²) < 4.78 is 2.66. The molecule has 2 rings (SSSR count). The molecule has 0 aliphatic heterocycles. The molecule has 15 heavy (non-hydrogen) atoms. The third-order valence-electron chi connectivity index (χ3n) is 1.77. The summed E-state index contributed by atoms with van der Waals surface area (Å²) in [5.41, 5.74) is 0.571. The first kappa shape index (κ1) is 9.85. The average molecular weight is 267 g/mol. The van der Waals surface area contributed by atoms with Crippen LogP contribution in [0.2, 0.25) is 0 Å². The molecule has 2 heterocycles. The van der Waals surface area contributed by atoms with Gasteiger partial charge in [0.1, 0.15) is 17.8 Å². The van der Waals surface area contributed by atoms with E-state index in [1.807, 2.05) is 12.1 Å². The summed E-state index contributed by atoms with van der Waals surface area (Å²) in [7, 11) is 0. The predicted octanol–water partition coefficient (Wildman–Crippen LogP) is 1.84. The number of aromatic nitrogens is 3. The van der Waals surface area contributed by atoms with Crippen LogP contribution in [0.4, 0.5) is 0 Å². The number of hydrogen-bond acceptors (Lipinski definition) is 4. The Morgan fingerprint density at radius 2 is 2.27 bits per heavy atom. The summed E-state index contributed by atoms with van der Waals surface area (Å²) in [6, 6.07) is 3.74. The van der Waals surface area contributed by atoms with E-state index in [4.69, 9.17) is 5.21 Å². The Balaban J connectivity index is 2.33. The molecule has 6 heteroatoms. The van der Waals surface area contributed by atoms with E-state index in [-0.39, 0.29) is 0 Å². The van der Waals surface area contributed by atoms with Crippen molar-refractivity contribution in [2.45, 2.75) is 0 Å². The van der Waals surface area contributed by atoms with Crippen LogP contribution in [0, 0.1) is 0 Å². The van der Waals surface area contributed by atoms with Crippen molar-refractivity contribution in [3.05, 3.63) is 41.0 Å². The Labute approximate surface area is 94.2 Å². The van der Waals surface area contributed by atoms with Gasteiger partial charge in [-0.3, -0.25) is 4.57 Å². The van der Waals surface area contributed by atoms with Crippen LogP contribution >= 0.6 is 15.9 Å². The van der Waals surface area contributed by atoms with E-state index in [0.29, 0.717) is 5.69 Å². The molecule has 0 amide bonds. The van der Waals surface area contributed by atoms with Gasteiger partial charge in [-0.15, -0.1) is 0 Å². The Hall–Kier alpha value is -1.69. The van der Waals surface area contributed by atoms with Crippen molar-refractivity contribution in [3.8, 4) is 5.82 Å². The fraction of sp³-hybridized carbons (Fsp3) is 0. The van der Waals surface area contributed by atoms with E-state index in [9.17, 15) is 0 Å². The molecule has 0 aliphatic rings. The molecule has 0 saturated carbocycles. The summed E-state index contributed by atoms with van der Waals surface area (Å²) >= 11 is 3.31. The molecule has 2 aromatic rings. The Bertz CT molecular complexity index is 477. The first-order valence-corrected chi connectivity index (χ1v) is 4.92. The van der Waals surface area contributed by atoms with Crippen molar-refractivity contribution in [1.29, 1.82) is 0 Å². The molecule has 0 radical (unpaired) electrons. The molecule has 0 saturated heterocycles. The smallest absolute Gasteiger partial charge is 0.137 e. The normalized spacial score (nSPS) is 11.0. The van der Waals surface area contributed by atoms with E-state index in [0.717, 1.165) is 10.3 Å². The molecule has 0 spiro atoms. The topological polar surface area (TPSA) is 63.3 Å². The van der Waals surface area contributed by atoms with Crippen LogP contribution in [0.5, 0.6) is 0 Å². The predicted molar refractivity (Wildman–Crippen MR) is 58.4 cm³/mol. The summed E-state index contributed by atoms with van der Waals surface area (Å²) in [6.45, 7) is 0. The lowest BCUT2D eigenvalue weighted by Gasteiger charge is -1.99. The second-order valence-corrected chi connectivity index (χ2v) is 3.70. The van der Waals surface area contributed by atoms with Crippen LogP contribution in [0.15, 0.2) is 40.5 Å². The van der Waals surface area contributed by atoms with Crippen molar-refractivity contribution >= 4 is 22.1 Å². The van der Waals surface area contributed by atoms with Gasteiger partial charge in [0.05, 0.1) is 6.21 Å². The van der Waals surface area contributed by atoms with Gasteiger partial charge in [0.25, 0.3) is 0 Å². The fourth-order valence-corrected chi connectivity index (χ4v) is 1.34. The Morgan fingerprint density at radius 3 is 2.93 bits per heavy atom. The monoisotopic (exact) mass is 266 g/mol. The second kappa shape index (κ2) is 4.22. The zero-order chi connectivity index (χ0) is 10.7. The maximum Gasteiger partial charge on any atom is 0.137 e. The van der Waals surface area contributed by atoms with Gasteiger partial charge in [-0.25, -0.2) is 9.97 Å². The highest BCUT2D eigenvalue weighted by atomic mass is 79.9. The number of rotatable bonds is 2. The molecule has 76 valence electrons. The van der Waals surface area contributed by atoms with Gasteiger partial charge in [0.15, 0.2) is 0 Å². The lowest BCUT2D eigenvalue weighted by atomic mass is 10.4. The van der Waals surface area contributed by atoms with Crippen LogP contribution < -0.4 is 0 Å². The minimum Gasteiger partial charge on any atom is -0.411 e. The minimum absolute atomic E-state index is 0.571. The van der Waals surface area contributed by atoms with Gasteiger partial charge in [0.2, 0.25) is 0 Å². The van der Waals surface area contributed by atoms with E-state index in [1.54, 1.807) is 23.3 Å². The van der Waals surface area contributed by atoms with Crippen molar-refractivity contribution in [3.63, 3.8) is 0 Å². The molecular formula is C9H7BrN4O. The van der Waals surface area contributed by atoms with Crippen LogP contribution in [0.1, 0.15) is 5.69 Å². The van der Waals surface area contributed by atoms with Gasteiger partial charge in [-0.2, -0.15) is 0 Å². The third-order valence-corrected chi connectivity index (χ3v) is 2.24. The van der Waals surface area contributed by atoms with Gasteiger partial charge in [0, 0.05) is 16.9 Å². The largest absolute Gasteiger partial charge is 0.411 e. The molecule has 0 unspecified atom stereocenters. The Morgan fingerprint density at radius 1 is 1.40 bits per heavy atom. The number of halogens is 1. The SMILES string of the molecule is O/N=C/c1cn(-c2ccc(Br)cn2)cn1. The van der Waals surface area contributed by atoms with Crippen molar-refractivity contribution < 1.29 is 5.21 Å². The van der Waals surface area contributed by atoms with Gasteiger partial charge in [-0.1, -0.05) is 5.16 Å². The van der Waals surface area contributed by atoms with Crippen LogP contribution in [0.3, 0.4) is 0 Å². The van der Waals surface area contributed by atoms with E-state index < -0.39 is 0 Å². The molecule has 0 aliphatic carbocycles. The maximum absolute atomic E-state index is 8.33. The van der Waals surface area contributed by atoms with Crippen LogP contribution in [0.25, 0.3) is 5.82 Å². The number of nitrogens with zero attached hydrogens (tertiary/aromatic N) is 4. The van der Waals surface area contributed by atoms with Crippen LogP contribution in [-0.2, 0) is 0 Å². The second-order valence-electron chi connectivity index (χ2n) is 2.78. The molecule has 5 nitrogen and oxygen atoms in total. The molecular weight excluding hydrogens is 260 g/mol. The van der Waals surface area contributed by atoms with E-state index in [1.165, 1.54) is 6.21 Å². The number of pyridine rings is 1.